The Morgan fingerprint density at radius 3 is 2.62 bits per heavy atom. The molecule has 140 valence electrons. The molecule has 0 radical (unpaired) electrons. The zero-order valence-electron chi connectivity index (χ0n) is 15.6. The number of hydrogen-bond acceptors (Lipinski definition) is 5. The van der Waals surface area contributed by atoms with E-state index in [-0.39, 0.29) is 12.8 Å². The second-order valence-corrected chi connectivity index (χ2v) is 5.89. The van der Waals surface area contributed by atoms with Gasteiger partial charge >= 0.3 is 5.97 Å². The van der Waals surface area contributed by atoms with Crippen LogP contribution >= 0.6 is 0 Å². The van der Waals surface area contributed by atoms with Gasteiger partial charge < -0.3 is 18.9 Å². The van der Waals surface area contributed by atoms with Gasteiger partial charge in [0.15, 0.2) is 6.79 Å². The molecule has 5 nitrogen and oxygen atoms in total. The lowest BCUT2D eigenvalue weighted by Crippen LogP contribution is -2.05. The van der Waals surface area contributed by atoms with E-state index in [4.69, 9.17) is 18.9 Å². The van der Waals surface area contributed by atoms with Crippen LogP contribution in [0.1, 0.15) is 30.0 Å². The molecule has 0 atom stereocenters. The molecular weight excluding hydrogens is 332 g/mol. The van der Waals surface area contributed by atoms with E-state index >= 15 is 0 Å². The first-order valence-corrected chi connectivity index (χ1v) is 8.71. The van der Waals surface area contributed by atoms with Crippen LogP contribution in [0.4, 0.5) is 0 Å². The van der Waals surface area contributed by atoms with E-state index in [1.165, 1.54) is 0 Å². The summed E-state index contributed by atoms with van der Waals surface area (Å²) in [4.78, 5) is 11.5. The quantitative estimate of drug-likeness (QED) is 0.474. The molecule has 0 fully saturated rings. The average molecular weight is 358 g/mol. The summed E-state index contributed by atoms with van der Waals surface area (Å²) in [6.45, 7) is 4.90. The predicted molar refractivity (Wildman–Crippen MR) is 99.4 cm³/mol. The molecule has 0 unspecified atom stereocenters. The molecule has 0 spiro atoms. The van der Waals surface area contributed by atoms with Crippen molar-refractivity contribution in [2.24, 2.45) is 0 Å². The highest BCUT2D eigenvalue weighted by atomic mass is 16.7. The van der Waals surface area contributed by atoms with Crippen molar-refractivity contribution in [1.82, 2.24) is 0 Å². The molecule has 0 bridgehead atoms. The normalized spacial score (nSPS) is 10.4. The third-order valence-corrected chi connectivity index (χ3v) is 3.80. The van der Waals surface area contributed by atoms with E-state index in [0.717, 1.165) is 28.2 Å². The van der Waals surface area contributed by atoms with Gasteiger partial charge in [-0.3, -0.25) is 4.79 Å². The van der Waals surface area contributed by atoms with Crippen molar-refractivity contribution in [3.8, 4) is 11.5 Å². The molecule has 0 N–H and O–H groups in total. The summed E-state index contributed by atoms with van der Waals surface area (Å²) in [7, 11) is 1.59. The first-order chi connectivity index (χ1) is 12.6. The van der Waals surface area contributed by atoms with Gasteiger partial charge in [-0.15, -0.1) is 0 Å². The zero-order valence-corrected chi connectivity index (χ0v) is 15.6. The lowest BCUT2D eigenvalue weighted by atomic mass is 10.1. The Hall–Kier alpha value is -2.53. The van der Waals surface area contributed by atoms with Crippen LogP contribution in [0.5, 0.6) is 11.5 Å². The van der Waals surface area contributed by atoms with Gasteiger partial charge in [0, 0.05) is 13.5 Å². The molecule has 0 saturated heterocycles. The van der Waals surface area contributed by atoms with Gasteiger partial charge in [-0.2, -0.15) is 0 Å². The number of ether oxygens (including phenoxy) is 4. The standard InChI is InChI=1S/C21H26O5/c1-4-24-21(22)11-9-17-8-10-20(16(2)12-17)25-14-18-6-5-7-19(13-18)26-15-23-3/h5-8,10,12-13H,4,9,11,14-15H2,1-3H3. The predicted octanol–water partition coefficient (Wildman–Crippen LogP) is 4.05. The molecule has 0 aliphatic carbocycles. The van der Waals surface area contributed by atoms with Crippen LogP contribution in [0.2, 0.25) is 0 Å². The maximum Gasteiger partial charge on any atom is 0.306 e. The zero-order chi connectivity index (χ0) is 18.8. The summed E-state index contributed by atoms with van der Waals surface area (Å²) in [5.74, 6) is 1.41. The third-order valence-electron chi connectivity index (χ3n) is 3.80. The van der Waals surface area contributed by atoms with Crippen LogP contribution in [0.25, 0.3) is 0 Å². The van der Waals surface area contributed by atoms with Crippen molar-refractivity contribution in [2.75, 3.05) is 20.5 Å². The fraction of sp³-hybridized carbons (Fsp3) is 0.381. The molecule has 0 aliphatic rings. The van der Waals surface area contributed by atoms with E-state index < -0.39 is 0 Å². The molecule has 5 heteroatoms. The van der Waals surface area contributed by atoms with Gasteiger partial charge in [0.05, 0.1) is 6.61 Å². The molecular formula is C21H26O5. The Morgan fingerprint density at radius 1 is 1.04 bits per heavy atom. The fourth-order valence-electron chi connectivity index (χ4n) is 2.52. The van der Waals surface area contributed by atoms with Crippen LogP contribution in [0.15, 0.2) is 42.5 Å². The Labute approximate surface area is 154 Å². The van der Waals surface area contributed by atoms with E-state index in [9.17, 15) is 4.79 Å². The van der Waals surface area contributed by atoms with E-state index in [0.29, 0.717) is 26.1 Å². The molecule has 0 amide bonds. The highest BCUT2D eigenvalue weighted by molar-refractivity contribution is 5.69. The van der Waals surface area contributed by atoms with E-state index in [1.807, 2.05) is 56.3 Å². The lowest BCUT2D eigenvalue weighted by Gasteiger charge is -2.12. The fourth-order valence-corrected chi connectivity index (χ4v) is 2.52. The van der Waals surface area contributed by atoms with Crippen LogP contribution in [-0.4, -0.2) is 26.5 Å². The maximum atomic E-state index is 11.5. The number of hydrogen-bond donors (Lipinski definition) is 0. The summed E-state index contributed by atoms with van der Waals surface area (Å²) in [5.41, 5.74) is 3.15. The van der Waals surface area contributed by atoms with Crippen molar-refractivity contribution in [3.05, 3.63) is 59.2 Å². The number of methoxy groups -OCH3 is 1. The Balaban J connectivity index is 1.90. The Kier molecular flexibility index (Phi) is 7.96. The van der Waals surface area contributed by atoms with Gasteiger partial charge in [-0.1, -0.05) is 24.3 Å². The van der Waals surface area contributed by atoms with Crippen molar-refractivity contribution in [3.63, 3.8) is 0 Å². The summed E-state index contributed by atoms with van der Waals surface area (Å²) in [5, 5.41) is 0. The second-order valence-electron chi connectivity index (χ2n) is 5.89. The van der Waals surface area contributed by atoms with Gasteiger partial charge in [0.1, 0.15) is 18.1 Å². The third kappa shape index (κ3) is 6.41. The van der Waals surface area contributed by atoms with Crippen molar-refractivity contribution in [2.45, 2.75) is 33.3 Å². The summed E-state index contributed by atoms with van der Waals surface area (Å²) in [6, 6.07) is 13.7. The lowest BCUT2D eigenvalue weighted by molar-refractivity contribution is -0.143. The first kappa shape index (κ1) is 19.8. The monoisotopic (exact) mass is 358 g/mol. The van der Waals surface area contributed by atoms with Crippen molar-refractivity contribution in [1.29, 1.82) is 0 Å². The number of carbonyl (C=O) groups is 1. The second kappa shape index (κ2) is 10.5. The largest absolute Gasteiger partial charge is 0.489 e. The molecule has 0 aliphatic heterocycles. The summed E-state index contributed by atoms with van der Waals surface area (Å²) < 4.78 is 21.2. The van der Waals surface area contributed by atoms with Gasteiger partial charge in [-0.25, -0.2) is 0 Å². The van der Waals surface area contributed by atoms with Crippen LogP contribution in [-0.2, 0) is 27.3 Å². The summed E-state index contributed by atoms with van der Waals surface area (Å²) in [6.07, 6.45) is 1.06. The molecule has 2 aromatic carbocycles. The van der Waals surface area contributed by atoms with Gasteiger partial charge in [0.25, 0.3) is 0 Å². The van der Waals surface area contributed by atoms with Crippen molar-refractivity contribution < 1.29 is 23.7 Å². The molecule has 26 heavy (non-hydrogen) atoms. The highest BCUT2D eigenvalue weighted by Crippen LogP contribution is 2.22. The number of esters is 1. The van der Waals surface area contributed by atoms with Crippen LogP contribution in [0.3, 0.4) is 0 Å². The molecule has 0 aromatic heterocycles. The topological polar surface area (TPSA) is 54.0 Å². The van der Waals surface area contributed by atoms with E-state index in [2.05, 4.69) is 0 Å². The Bertz CT molecular complexity index is 711. The number of carbonyl (C=O) groups excluding carboxylic acids is 1. The minimum atomic E-state index is -0.166. The highest BCUT2D eigenvalue weighted by Gasteiger charge is 2.06. The molecule has 2 rings (SSSR count). The van der Waals surface area contributed by atoms with Gasteiger partial charge in [-0.05, 0) is 55.2 Å². The minimum Gasteiger partial charge on any atom is -0.489 e. The minimum absolute atomic E-state index is 0.166. The van der Waals surface area contributed by atoms with E-state index in [1.54, 1.807) is 7.11 Å². The Morgan fingerprint density at radius 2 is 1.88 bits per heavy atom. The first-order valence-electron chi connectivity index (χ1n) is 8.71. The van der Waals surface area contributed by atoms with Crippen LogP contribution in [0, 0.1) is 6.92 Å². The van der Waals surface area contributed by atoms with Gasteiger partial charge in [0.2, 0.25) is 0 Å². The number of aryl methyl sites for hydroxylation is 2. The molecule has 2 aromatic rings. The molecule has 0 heterocycles. The average Bonchev–Trinajstić information content (AvgIpc) is 2.64. The van der Waals surface area contributed by atoms with Crippen LogP contribution < -0.4 is 9.47 Å². The van der Waals surface area contributed by atoms with Crippen molar-refractivity contribution >= 4 is 5.97 Å². The SMILES string of the molecule is CCOC(=O)CCc1ccc(OCc2cccc(OCOC)c2)c(C)c1. The smallest absolute Gasteiger partial charge is 0.306 e. The molecule has 0 saturated carbocycles. The number of rotatable bonds is 10. The number of benzene rings is 2. The summed E-state index contributed by atoms with van der Waals surface area (Å²) >= 11 is 0. The maximum absolute atomic E-state index is 11.5.